The molecule has 0 radical (unpaired) electrons. The van der Waals surface area contributed by atoms with E-state index < -0.39 is 0 Å². The lowest BCUT2D eigenvalue weighted by atomic mass is 9.74. The van der Waals surface area contributed by atoms with Gasteiger partial charge in [0.2, 0.25) is 0 Å². The lowest BCUT2D eigenvalue weighted by Gasteiger charge is -2.29. The number of allylic oxidation sites excluding steroid dienone is 8. The van der Waals surface area contributed by atoms with Crippen molar-refractivity contribution in [1.82, 2.24) is 0 Å². The fourth-order valence-corrected chi connectivity index (χ4v) is 8.38. The van der Waals surface area contributed by atoms with Crippen LogP contribution in [0.15, 0.2) is 182 Å². The van der Waals surface area contributed by atoms with Crippen LogP contribution in [0, 0.1) is 11.8 Å². The second-order valence-electron chi connectivity index (χ2n) is 13.2. The molecule has 0 N–H and O–H groups in total. The van der Waals surface area contributed by atoms with Gasteiger partial charge in [-0.1, -0.05) is 164 Å². The van der Waals surface area contributed by atoms with Crippen molar-refractivity contribution in [3.05, 3.63) is 188 Å². The van der Waals surface area contributed by atoms with Gasteiger partial charge < -0.3 is 0 Å². The molecule has 0 bridgehead atoms. The summed E-state index contributed by atoms with van der Waals surface area (Å²) >= 11 is 0. The molecule has 0 heterocycles. The normalized spacial score (nSPS) is 17.0. The molecule has 0 aliphatic heterocycles. The van der Waals surface area contributed by atoms with Crippen LogP contribution >= 0.6 is 0 Å². The Balaban J connectivity index is 1.20. The third-order valence-corrected chi connectivity index (χ3v) is 10.6. The molecule has 0 fully saturated rings. The number of benzene rings is 8. The highest BCUT2D eigenvalue weighted by atomic mass is 14.3. The lowest BCUT2D eigenvalue weighted by molar-refractivity contribution is 0.679. The Bertz CT molecular complexity index is 2670. The summed E-state index contributed by atoms with van der Waals surface area (Å²) in [5, 5.41) is 12.9. The molecule has 0 heteroatoms. The first-order valence-electron chi connectivity index (χ1n) is 16.9. The first-order chi connectivity index (χ1) is 23.8. The summed E-state index contributed by atoms with van der Waals surface area (Å²) in [6.45, 7) is 0. The molecule has 2 unspecified atom stereocenters. The van der Waals surface area contributed by atoms with Crippen molar-refractivity contribution in [3.8, 4) is 22.3 Å². The Kier molecular flexibility index (Phi) is 6.11. The maximum atomic E-state index is 2.41. The van der Waals surface area contributed by atoms with Crippen molar-refractivity contribution in [2.45, 2.75) is 0 Å². The molecular formula is C48H32. The topological polar surface area (TPSA) is 0 Å². The Morgan fingerprint density at radius 3 is 1.67 bits per heavy atom. The van der Waals surface area contributed by atoms with Crippen molar-refractivity contribution >= 4 is 59.4 Å². The molecule has 0 spiro atoms. The van der Waals surface area contributed by atoms with Gasteiger partial charge in [-0.3, -0.25) is 0 Å². The van der Waals surface area contributed by atoms with Crippen LogP contribution in [0.4, 0.5) is 0 Å². The minimum atomic E-state index is 0.336. The van der Waals surface area contributed by atoms with Crippen LogP contribution in [0.25, 0.3) is 81.7 Å². The largest absolute Gasteiger partial charge is 0.0767 e. The molecule has 0 saturated carbocycles. The van der Waals surface area contributed by atoms with Gasteiger partial charge in [-0.25, -0.2) is 0 Å². The summed E-state index contributed by atoms with van der Waals surface area (Å²) in [5.41, 5.74) is 7.82. The van der Waals surface area contributed by atoms with E-state index >= 15 is 0 Å². The van der Waals surface area contributed by atoms with Crippen molar-refractivity contribution in [1.29, 1.82) is 0 Å². The molecule has 224 valence electrons. The lowest BCUT2D eigenvalue weighted by Crippen LogP contribution is -2.15. The number of fused-ring (bicyclic) bond motifs is 7. The van der Waals surface area contributed by atoms with E-state index in [0.717, 1.165) is 0 Å². The molecule has 0 saturated heterocycles. The Hall–Kier alpha value is -5.98. The van der Waals surface area contributed by atoms with E-state index in [1.54, 1.807) is 0 Å². The highest BCUT2D eigenvalue weighted by Gasteiger charge is 2.27. The maximum Gasteiger partial charge on any atom is 0.0125 e. The van der Waals surface area contributed by atoms with Crippen molar-refractivity contribution < 1.29 is 0 Å². The zero-order chi connectivity index (χ0) is 31.6. The molecular weight excluding hydrogens is 577 g/mol. The fraction of sp³-hybridized carbons (Fsp3) is 0.0417. The summed E-state index contributed by atoms with van der Waals surface area (Å²) < 4.78 is 0. The minimum absolute atomic E-state index is 0.336. The van der Waals surface area contributed by atoms with E-state index in [2.05, 4.69) is 182 Å². The van der Waals surface area contributed by atoms with Gasteiger partial charge >= 0.3 is 0 Å². The van der Waals surface area contributed by atoms with Crippen molar-refractivity contribution in [3.63, 3.8) is 0 Å². The second-order valence-corrected chi connectivity index (χ2v) is 13.2. The molecule has 2 atom stereocenters. The van der Waals surface area contributed by atoms with Gasteiger partial charge in [-0.05, 0) is 105 Å². The first-order valence-corrected chi connectivity index (χ1v) is 16.9. The van der Waals surface area contributed by atoms with Gasteiger partial charge in [0.1, 0.15) is 0 Å². The highest BCUT2D eigenvalue weighted by molar-refractivity contribution is 6.20. The maximum absolute atomic E-state index is 2.41. The Morgan fingerprint density at radius 2 is 0.917 bits per heavy atom. The average molecular weight is 609 g/mol. The molecule has 2 aliphatic carbocycles. The summed E-state index contributed by atoms with van der Waals surface area (Å²) in [5.74, 6) is 0.726. The fourth-order valence-electron chi connectivity index (χ4n) is 8.38. The second kappa shape index (κ2) is 10.8. The molecule has 48 heavy (non-hydrogen) atoms. The first kappa shape index (κ1) is 27.2. The van der Waals surface area contributed by atoms with E-state index in [1.807, 2.05) is 0 Å². The van der Waals surface area contributed by atoms with Gasteiger partial charge in [0.25, 0.3) is 0 Å². The van der Waals surface area contributed by atoms with Crippen LogP contribution in [0.5, 0.6) is 0 Å². The third-order valence-electron chi connectivity index (χ3n) is 10.6. The van der Waals surface area contributed by atoms with Crippen LogP contribution in [0.1, 0.15) is 5.56 Å². The van der Waals surface area contributed by atoms with Crippen molar-refractivity contribution in [2.24, 2.45) is 11.8 Å². The van der Waals surface area contributed by atoms with Crippen molar-refractivity contribution in [2.75, 3.05) is 0 Å². The quantitative estimate of drug-likeness (QED) is 0.138. The third kappa shape index (κ3) is 4.16. The molecule has 2 aliphatic rings. The summed E-state index contributed by atoms with van der Waals surface area (Å²) in [4.78, 5) is 0. The van der Waals surface area contributed by atoms with E-state index in [-0.39, 0.29) is 0 Å². The summed E-state index contributed by atoms with van der Waals surface area (Å²) in [6.07, 6.45) is 16.0. The van der Waals surface area contributed by atoms with Gasteiger partial charge in [0.15, 0.2) is 0 Å². The molecule has 0 amide bonds. The number of hydrogen-bond acceptors (Lipinski definition) is 0. The van der Waals surface area contributed by atoms with E-state index in [0.29, 0.717) is 11.8 Å². The van der Waals surface area contributed by atoms with E-state index in [9.17, 15) is 0 Å². The smallest absolute Gasteiger partial charge is 0.0125 e. The van der Waals surface area contributed by atoms with Crippen LogP contribution in [0.2, 0.25) is 0 Å². The average Bonchev–Trinajstić information content (AvgIpc) is 3.16. The zero-order valence-corrected chi connectivity index (χ0v) is 26.5. The monoisotopic (exact) mass is 608 g/mol. The van der Waals surface area contributed by atoms with E-state index in [4.69, 9.17) is 0 Å². The highest BCUT2D eigenvalue weighted by Crippen LogP contribution is 2.47. The number of hydrogen-bond donors (Lipinski definition) is 0. The SMILES string of the molecule is C1=CC2C=CC=C(c3c4ccccc4c(-c4ccc5ccc(-c6cc7ccccc7c7ccccc67)cc5c4)c4ccccc34)C2C=C1. The summed E-state index contributed by atoms with van der Waals surface area (Å²) in [7, 11) is 0. The molecule has 10 rings (SSSR count). The van der Waals surface area contributed by atoms with Crippen LogP contribution in [-0.2, 0) is 0 Å². The standard InChI is InChI=1S/C48H32/c1-3-15-37-32(12-1)14-11-23-41(37)48-44-21-9-7-19-42(44)47(43-20-8-10-22-45(43)48)35-27-25-31-24-26-34(28-36(31)29-35)46-30-33-13-2-4-16-38(33)39-17-5-6-18-40(39)46/h1-30,32,37H. The van der Waals surface area contributed by atoms with Crippen LogP contribution in [0.3, 0.4) is 0 Å². The van der Waals surface area contributed by atoms with Crippen LogP contribution in [-0.4, -0.2) is 0 Å². The minimum Gasteiger partial charge on any atom is -0.0767 e. The molecule has 8 aromatic carbocycles. The molecule has 8 aromatic rings. The summed E-state index contributed by atoms with van der Waals surface area (Å²) in [6, 6.07) is 51.9. The number of rotatable bonds is 3. The van der Waals surface area contributed by atoms with Gasteiger partial charge in [-0.15, -0.1) is 0 Å². The molecule has 0 aromatic heterocycles. The Labute approximate surface area is 280 Å². The van der Waals surface area contributed by atoms with Gasteiger partial charge in [0, 0.05) is 11.8 Å². The zero-order valence-electron chi connectivity index (χ0n) is 26.5. The predicted molar refractivity (Wildman–Crippen MR) is 207 cm³/mol. The van der Waals surface area contributed by atoms with Crippen LogP contribution < -0.4 is 0 Å². The van der Waals surface area contributed by atoms with Gasteiger partial charge in [-0.2, -0.15) is 0 Å². The molecule has 0 nitrogen and oxygen atoms in total. The Morgan fingerprint density at radius 1 is 0.354 bits per heavy atom. The van der Waals surface area contributed by atoms with E-state index in [1.165, 1.54) is 87.3 Å². The van der Waals surface area contributed by atoms with Gasteiger partial charge in [0.05, 0.1) is 0 Å². The predicted octanol–water partition coefficient (Wildman–Crippen LogP) is 13.1.